The molecule has 1 unspecified atom stereocenters. The van der Waals surface area contributed by atoms with Crippen molar-refractivity contribution in [2.24, 2.45) is 58.7 Å². The van der Waals surface area contributed by atoms with Crippen LogP contribution in [-0.2, 0) is 11.3 Å². The Morgan fingerprint density at radius 1 is 1.00 bits per heavy atom. The van der Waals surface area contributed by atoms with Crippen LogP contribution < -0.4 is 0 Å². The first-order chi connectivity index (χ1) is 16.4. The monoisotopic (exact) mass is 463 g/mol. The molecule has 34 heavy (non-hydrogen) atoms. The average Bonchev–Trinajstić information content (AvgIpc) is 3.27. The van der Waals surface area contributed by atoms with Crippen molar-refractivity contribution in [3.63, 3.8) is 0 Å². The van der Waals surface area contributed by atoms with Crippen molar-refractivity contribution >= 4 is 11.7 Å². The van der Waals surface area contributed by atoms with Crippen molar-refractivity contribution in [2.45, 2.75) is 78.2 Å². The van der Waals surface area contributed by atoms with Crippen LogP contribution in [0.2, 0.25) is 0 Å². The fourth-order valence-electron chi connectivity index (χ4n) is 10.2. The first-order valence-electron chi connectivity index (χ1n) is 14.3. The van der Waals surface area contributed by atoms with Gasteiger partial charge in [0, 0.05) is 25.2 Å². The van der Waals surface area contributed by atoms with E-state index in [-0.39, 0.29) is 17.2 Å². The Bertz CT molecular complexity index is 997. The van der Waals surface area contributed by atoms with Gasteiger partial charge in [0.15, 0.2) is 5.78 Å². The molecule has 0 radical (unpaired) electrons. The number of amides is 1. The van der Waals surface area contributed by atoms with Crippen LogP contribution in [0, 0.1) is 58.7 Å². The number of aromatic nitrogens is 2. The molecule has 0 aromatic carbocycles. The minimum atomic E-state index is 0.0612. The first kappa shape index (κ1) is 21.6. The van der Waals surface area contributed by atoms with Crippen LogP contribution in [0.3, 0.4) is 0 Å². The maximum absolute atomic E-state index is 13.8. The van der Waals surface area contributed by atoms with Gasteiger partial charge >= 0.3 is 0 Å². The van der Waals surface area contributed by atoms with E-state index in [0.29, 0.717) is 23.8 Å². The Kier molecular flexibility index (Phi) is 4.88. The van der Waals surface area contributed by atoms with E-state index in [4.69, 9.17) is 0 Å². The molecular weight excluding hydrogens is 422 g/mol. The van der Waals surface area contributed by atoms with Crippen molar-refractivity contribution in [2.75, 3.05) is 13.1 Å². The number of rotatable bonds is 4. The van der Waals surface area contributed by atoms with Gasteiger partial charge in [-0.1, -0.05) is 20.3 Å². The standard InChI is InChI=1S/C29H41N3O2/c1-17-4-6-20-18(12-17)5-7-22-21(20)8-9-29(2)26(22)23-13-24(23)27(29)25(33)16-32-15-19(14-30-32)28(34)31-10-3-11-31/h14-15,17-18,20-24,26-27H,3-13,16H2,1-2H3/t17-,18+,20-,21+,22+,23+,24-,26?,27+,29-/m0/s1. The fourth-order valence-corrected chi connectivity index (χ4v) is 10.2. The molecule has 0 spiro atoms. The number of hydrogen-bond donors (Lipinski definition) is 0. The molecule has 0 bridgehead atoms. The summed E-state index contributed by atoms with van der Waals surface area (Å²) in [6.45, 7) is 6.97. The largest absolute Gasteiger partial charge is 0.338 e. The van der Waals surface area contributed by atoms with Crippen molar-refractivity contribution in [1.82, 2.24) is 14.7 Å². The van der Waals surface area contributed by atoms with Crippen molar-refractivity contribution in [3.8, 4) is 0 Å². The van der Waals surface area contributed by atoms with E-state index in [1.54, 1.807) is 17.1 Å². The molecule has 5 aliphatic carbocycles. The highest BCUT2D eigenvalue weighted by Crippen LogP contribution is 2.74. The molecule has 184 valence electrons. The molecule has 1 saturated heterocycles. The van der Waals surface area contributed by atoms with E-state index < -0.39 is 0 Å². The highest BCUT2D eigenvalue weighted by molar-refractivity contribution is 5.94. The molecule has 1 aromatic heterocycles. The summed E-state index contributed by atoms with van der Waals surface area (Å²) in [7, 11) is 0. The summed E-state index contributed by atoms with van der Waals surface area (Å²) in [6, 6.07) is 0. The minimum absolute atomic E-state index is 0.0612. The van der Waals surface area contributed by atoms with E-state index in [1.165, 1.54) is 51.4 Å². The second-order valence-corrected chi connectivity index (χ2v) is 13.4. The van der Waals surface area contributed by atoms with E-state index in [1.807, 2.05) is 4.90 Å². The normalized spacial score (nSPS) is 46.5. The van der Waals surface area contributed by atoms with Crippen LogP contribution in [0.25, 0.3) is 0 Å². The van der Waals surface area contributed by atoms with Gasteiger partial charge in [-0.25, -0.2) is 0 Å². The molecule has 0 N–H and O–H groups in total. The smallest absolute Gasteiger partial charge is 0.257 e. The van der Waals surface area contributed by atoms with Crippen LogP contribution in [0.4, 0.5) is 0 Å². The van der Waals surface area contributed by atoms with Gasteiger partial charge in [0.25, 0.3) is 5.91 Å². The molecule has 5 nitrogen and oxygen atoms in total. The third-order valence-corrected chi connectivity index (χ3v) is 11.7. The Balaban J connectivity index is 1.08. The fraction of sp³-hybridized carbons (Fsp3) is 0.828. The van der Waals surface area contributed by atoms with Crippen LogP contribution in [0.5, 0.6) is 0 Å². The number of ketones is 1. The van der Waals surface area contributed by atoms with E-state index in [0.717, 1.165) is 60.9 Å². The minimum Gasteiger partial charge on any atom is -0.338 e. The zero-order chi connectivity index (χ0) is 23.2. The molecule has 10 atom stereocenters. The Morgan fingerprint density at radius 3 is 2.62 bits per heavy atom. The number of likely N-dealkylation sites (tertiary alicyclic amines) is 1. The number of fused-ring (bicyclic) bond motifs is 7. The Labute approximate surface area is 204 Å². The van der Waals surface area contributed by atoms with E-state index in [9.17, 15) is 9.59 Å². The van der Waals surface area contributed by atoms with Gasteiger partial charge in [-0.15, -0.1) is 0 Å². The van der Waals surface area contributed by atoms with E-state index in [2.05, 4.69) is 18.9 Å². The third kappa shape index (κ3) is 3.13. The number of hydrogen-bond acceptors (Lipinski definition) is 3. The molecule has 5 saturated carbocycles. The lowest BCUT2D eigenvalue weighted by molar-refractivity contribution is -0.134. The van der Waals surface area contributed by atoms with Gasteiger partial charge in [0.05, 0.1) is 18.3 Å². The van der Waals surface area contributed by atoms with Crippen LogP contribution >= 0.6 is 0 Å². The van der Waals surface area contributed by atoms with Gasteiger partial charge in [-0.3, -0.25) is 14.3 Å². The predicted octanol–water partition coefficient (Wildman–Crippen LogP) is 5.06. The summed E-state index contributed by atoms with van der Waals surface area (Å²) < 4.78 is 1.74. The maximum atomic E-state index is 13.8. The molecule has 2 heterocycles. The SMILES string of the molecule is C[C@H]1CC[C@H]2[C@H](CC[C@H]3C4[C@@H]5C[C@@H]5[C@H](C(=O)Cn5cc(C(=O)N6CCC6)cn5)[C@@]4(C)CC[C@H]23)C1. The summed E-state index contributed by atoms with van der Waals surface area (Å²) in [5, 5.41) is 4.42. The zero-order valence-electron chi connectivity index (χ0n) is 21.0. The van der Waals surface area contributed by atoms with Gasteiger partial charge < -0.3 is 4.90 Å². The molecule has 6 fully saturated rings. The lowest BCUT2D eigenvalue weighted by atomic mass is 9.48. The molecule has 1 aromatic rings. The maximum Gasteiger partial charge on any atom is 0.257 e. The molecule has 6 aliphatic rings. The topological polar surface area (TPSA) is 55.2 Å². The van der Waals surface area contributed by atoms with Crippen molar-refractivity contribution < 1.29 is 9.59 Å². The molecular formula is C29H41N3O2. The van der Waals surface area contributed by atoms with Gasteiger partial charge in [-0.05, 0) is 104 Å². The number of nitrogens with zero attached hydrogens (tertiary/aromatic N) is 3. The second-order valence-electron chi connectivity index (χ2n) is 13.4. The summed E-state index contributed by atoms with van der Waals surface area (Å²) in [4.78, 5) is 28.1. The van der Waals surface area contributed by atoms with Crippen LogP contribution in [0.15, 0.2) is 12.4 Å². The molecule has 1 amide bonds. The zero-order valence-corrected chi connectivity index (χ0v) is 21.0. The summed E-state index contributed by atoms with van der Waals surface area (Å²) in [5.41, 5.74) is 0.815. The van der Waals surface area contributed by atoms with Crippen LogP contribution in [-0.4, -0.2) is 39.5 Å². The highest BCUT2D eigenvalue weighted by Gasteiger charge is 2.70. The quantitative estimate of drug-likeness (QED) is 0.627. The molecule has 7 rings (SSSR count). The Hall–Kier alpha value is -1.65. The summed E-state index contributed by atoms with van der Waals surface area (Å²) >= 11 is 0. The van der Waals surface area contributed by atoms with Gasteiger partial charge in [0.2, 0.25) is 0 Å². The molecule has 5 heteroatoms. The van der Waals surface area contributed by atoms with E-state index >= 15 is 0 Å². The van der Waals surface area contributed by atoms with Crippen molar-refractivity contribution in [3.05, 3.63) is 18.0 Å². The average molecular weight is 464 g/mol. The van der Waals surface area contributed by atoms with Crippen LogP contribution in [0.1, 0.15) is 82.0 Å². The molecule has 1 aliphatic heterocycles. The van der Waals surface area contributed by atoms with Crippen molar-refractivity contribution in [1.29, 1.82) is 0 Å². The highest BCUT2D eigenvalue weighted by atomic mass is 16.2. The third-order valence-electron chi connectivity index (χ3n) is 11.7. The number of Topliss-reactive ketones (excluding diaryl/α,β-unsaturated/α-hetero) is 1. The summed E-state index contributed by atoms with van der Waals surface area (Å²) in [5.74, 6) is 7.50. The number of carbonyl (C=O) groups is 2. The summed E-state index contributed by atoms with van der Waals surface area (Å²) in [6.07, 6.45) is 15.7. The lowest BCUT2D eigenvalue weighted by Crippen LogP contribution is -2.51. The second kappa shape index (κ2) is 7.67. The first-order valence-corrected chi connectivity index (χ1v) is 14.3. The predicted molar refractivity (Wildman–Crippen MR) is 130 cm³/mol. The number of carbonyl (C=O) groups excluding carboxylic acids is 2. The Morgan fingerprint density at radius 2 is 1.82 bits per heavy atom. The van der Waals surface area contributed by atoms with Gasteiger partial charge in [-0.2, -0.15) is 5.10 Å². The lowest BCUT2D eigenvalue weighted by Gasteiger charge is -2.57. The van der Waals surface area contributed by atoms with Gasteiger partial charge in [0.1, 0.15) is 0 Å².